The van der Waals surface area contributed by atoms with Crippen LogP contribution >= 0.6 is 12.4 Å². The average Bonchev–Trinajstić information content (AvgIpc) is 2.44. The van der Waals surface area contributed by atoms with Crippen LogP contribution in [0.25, 0.3) is 0 Å². The molecular formula is C13H21ClN2O3. The Balaban J connectivity index is 0.00000324. The van der Waals surface area contributed by atoms with Gasteiger partial charge in [0.25, 0.3) is 0 Å². The highest BCUT2D eigenvalue weighted by molar-refractivity contribution is 5.98. The summed E-state index contributed by atoms with van der Waals surface area (Å²) in [6, 6.07) is 7.55. The van der Waals surface area contributed by atoms with Crippen molar-refractivity contribution < 1.29 is 15.4 Å². The number of nitrogens with zero attached hydrogens (tertiary/aromatic N) is 1. The Morgan fingerprint density at radius 3 is 2.16 bits per heavy atom. The summed E-state index contributed by atoms with van der Waals surface area (Å²) < 4.78 is 0. The summed E-state index contributed by atoms with van der Waals surface area (Å²) in [5.41, 5.74) is 7.33. The summed E-state index contributed by atoms with van der Waals surface area (Å²) in [5, 5.41) is 29.9. The molecule has 0 atom stereocenters. The first-order valence-electron chi connectivity index (χ1n) is 5.83. The van der Waals surface area contributed by atoms with Gasteiger partial charge in [-0.1, -0.05) is 29.4 Å². The number of oxime groups is 1. The first kappa shape index (κ1) is 17.9. The zero-order valence-corrected chi connectivity index (χ0v) is 11.7. The maximum Gasteiger partial charge on any atom is 0.0836 e. The molecule has 0 radical (unpaired) electrons. The Hall–Kier alpha value is -1.14. The van der Waals surface area contributed by atoms with Crippen molar-refractivity contribution in [1.29, 1.82) is 0 Å². The molecule has 5 nitrogen and oxygen atoms in total. The van der Waals surface area contributed by atoms with Crippen LogP contribution < -0.4 is 5.73 Å². The second kappa shape index (κ2) is 8.12. The van der Waals surface area contributed by atoms with Gasteiger partial charge >= 0.3 is 0 Å². The molecule has 0 aliphatic rings. The van der Waals surface area contributed by atoms with Gasteiger partial charge in [0.05, 0.1) is 24.5 Å². The van der Waals surface area contributed by atoms with Gasteiger partial charge in [-0.25, -0.2) is 0 Å². The maximum atomic E-state index is 9.08. The number of halogens is 1. The largest absolute Gasteiger partial charge is 0.411 e. The molecule has 1 rings (SSSR count). The van der Waals surface area contributed by atoms with Crippen LogP contribution in [-0.2, 0) is 6.42 Å². The molecule has 1 aromatic carbocycles. The molecule has 108 valence electrons. The van der Waals surface area contributed by atoms with Crippen LogP contribution in [0, 0.1) is 0 Å². The number of aliphatic hydroxyl groups is 2. The number of aryl methyl sites for hydroxylation is 1. The molecule has 0 saturated carbocycles. The van der Waals surface area contributed by atoms with Gasteiger partial charge in [0.15, 0.2) is 0 Å². The number of hydrogen-bond acceptors (Lipinski definition) is 5. The molecule has 0 spiro atoms. The first-order valence-corrected chi connectivity index (χ1v) is 5.83. The van der Waals surface area contributed by atoms with Gasteiger partial charge in [0.2, 0.25) is 0 Å². The molecule has 0 aliphatic carbocycles. The second-order valence-corrected chi connectivity index (χ2v) is 4.56. The third-order valence-electron chi connectivity index (χ3n) is 3.06. The third kappa shape index (κ3) is 5.16. The molecule has 0 amide bonds. The fraction of sp³-hybridized carbons (Fsp3) is 0.462. The molecule has 0 bridgehead atoms. The Morgan fingerprint density at radius 1 is 1.21 bits per heavy atom. The summed E-state index contributed by atoms with van der Waals surface area (Å²) in [6.07, 6.45) is 1.18. The van der Waals surface area contributed by atoms with Crippen LogP contribution in [0.15, 0.2) is 29.4 Å². The van der Waals surface area contributed by atoms with Gasteiger partial charge in [0, 0.05) is 0 Å². The summed E-state index contributed by atoms with van der Waals surface area (Å²) in [4.78, 5) is 0. The molecule has 0 aliphatic heterocycles. The normalized spacial score (nSPS) is 12.1. The Bertz CT molecular complexity index is 403. The van der Waals surface area contributed by atoms with Crippen molar-refractivity contribution in [2.24, 2.45) is 10.9 Å². The van der Waals surface area contributed by atoms with Crippen molar-refractivity contribution in [3.63, 3.8) is 0 Å². The highest BCUT2D eigenvalue weighted by Crippen LogP contribution is 2.13. The zero-order valence-electron chi connectivity index (χ0n) is 10.9. The fourth-order valence-electron chi connectivity index (χ4n) is 1.57. The number of benzene rings is 1. The zero-order chi connectivity index (χ0) is 13.6. The van der Waals surface area contributed by atoms with E-state index in [1.54, 1.807) is 6.92 Å². The Labute approximate surface area is 119 Å². The van der Waals surface area contributed by atoms with E-state index in [9.17, 15) is 0 Å². The lowest BCUT2D eigenvalue weighted by molar-refractivity contribution is 0.115. The molecule has 0 fully saturated rings. The van der Waals surface area contributed by atoms with Gasteiger partial charge < -0.3 is 21.2 Å². The summed E-state index contributed by atoms with van der Waals surface area (Å²) >= 11 is 0. The van der Waals surface area contributed by atoms with E-state index in [1.165, 1.54) is 0 Å². The highest BCUT2D eigenvalue weighted by Gasteiger charge is 2.22. The predicted octanol–water partition coefficient (Wildman–Crippen LogP) is 0.921. The number of aliphatic hydroxyl groups excluding tert-OH is 2. The molecule has 5 N–H and O–H groups in total. The third-order valence-corrected chi connectivity index (χ3v) is 3.06. The van der Waals surface area contributed by atoms with Gasteiger partial charge in [-0.15, -0.1) is 12.4 Å². The lowest BCUT2D eigenvalue weighted by atomic mass is 9.93. The van der Waals surface area contributed by atoms with Crippen LogP contribution in [0.5, 0.6) is 0 Å². The van der Waals surface area contributed by atoms with E-state index in [-0.39, 0.29) is 25.6 Å². The Kier molecular flexibility index (Phi) is 7.63. The molecule has 0 saturated heterocycles. The highest BCUT2D eigenvalue weighted by atomic mass is 35.5. The smallest absolute Gasteiger partial charge is 0.0836 e. The minimum Gasteiger partial charge on any atom is -0.411 e. The standard InChI is InChI=1S/C13H20N2O3.ClH/c1-10(15-18)12-4-2-11(3-5-12)6-7-13(14,8-16)9-17;/h2-5,16-18H,6-9,14H2,1H3;1H. The van der Waals surface area contributed by atoms with Gasteiger partial charge in [-0.2, -0.15) is 0 Å². The lowest BCUT2D eigenvalue weighted by Gasteiger charge is -2.24. The maximum absolute atomic E-state index is 9.08. The minimum absolute atomic E-state index is 0. The molecule has 19 heavy (non-hydrogen) atoms. The van der Waals surface area contributed by atoms with E-state index in [1.807, 2.05) is 24.3 Å². The molecule has 1 aromatic rings. The van der Waals surface area contributed by atoms with E-state index in [0.29, 0.717) is 18.6 Å². The van der Waals surface area contributed by atoms with Crippen molar-refractivity contribution >= 4 is 18.1 Å². The van der Waals surface area contributed by atoms with Crippen molar-refractivity contribution in [3.05, 3.63) is 35.4 Å². The van der Waals surface area contributed by atoms with E-state index in [2.05, 4.69) is 5.16 Å². The van der Waals surface area contributed by atoms with Crippen molar-refractivity contribution in [2.45, 2.75) is 25.3 Å². The second-order valence-electron chi connectivity index (χ2n) is 4.56. The molecular weight excluding hydrogens is 268 g/mol. The number of nitrogens with two attached hydrogens (primary N) is 1. The average molecular weight is 289 g/mol. The molecule has 6 heteroatoms. The quantitative estimate of drug-likeness (QED) is 0.355. The van der Waals surface area contributed by atoms with E-state index in [4.69, 9.17) is 21.2 Å². The molecule has 0 heterocycles. The van der Waals surface area contributed by atoms with Crippen LogP contribution in [0.4, 0.5) is 0 Å². The van der Waals surface area contributed by atoms with Gasteiger partial charge in [-0.3, -0.25) is 0 Å². The lowest BCUT2D eigenvalue weighted by Crippen LogP contribution is -2.47. The minimum atomic E-state index is -0.929. The predicted molar refractivity (Wildman–Crippen MR) is 77.1 cm³/mol. The summed E-state index contributed by atoms with van der Waals surface area (Å²) in [6.45, 7) is 1.24. The summed E-state index contributed by atoms with van der Waals surface area (Å²) in [7, 11) is 0. The van der Waals surface area contributed by atoms with E-state index < -0.39 is 5.54 Å². The van der Waals surface area contributed by atoms with Crippen LogP contribution in [0.1, 0.15) is 24.5 Å². The van der Waals surface area contributed by atoms with E-state index >= 15 is 0 Å². The molecule has 0 unspecified atom stereocenters. The van der Waals surface area contributed by atoms with Crippen molar-refractivity contribution in [1.82, 2.24) is 0 Å². The van der Waals surface area contributed by atoms with Crippen molar-refractivity contribution in [2.75, 3.05) is 13.2 Å². The van der Waals surface area contributed by atoms with Crippen LogP contribution in [0.2, 0.25) is 0 Å². The monoisotopic (exact) mass is 288 g/mol. The fourth-order valence-corrected chi connectivity index (χ4v) is 1.57. The van der Waals surface area contributed by atoms with E-state index in [0.717, 1.165) is 11.1 Å². The van der Waals surface area contributed by atoms with Gasteiger partial charge in [-0.05, 0) is 30.9 Å². The first-order chi connectivity index (χ1) is 8.54. The SMILES string of the molecule is CC(=NO)c1ccc(CCC(N)(CO)CO)cc1.Cl. The number of rotatable bonds is 6. The topological polar surface area (TPSA) is 99.1 Å². The number of hydrogen-bond donors (Lipinski definition) is 4. The van der Waals surface area contributed by atoms with Gasteiger partial charge in [0.1, 0.15) is 0 Å². The van der Waals surface area contributed by atoms with Crippen LogP contribution in [-0.4, -0.2) is 39.9 Å². The Morgan fingerprint density at radius 2 is 1.74 bits per heavy atom. The molecule has 0 aromatic heterocycles. The van der Waals surface area contributed by atoms with Crippen molar-refractivity contribution in [3.8, 4) is 0 Å². The van der Waals surface area contributed by atoms with Crippen LogP contribution in [0.3, 0.4) is 0 Å². The summed E-state index contributed by atoms with van der Waals surface area (Å²) in [5.74, 6) is 0.